The molecule has 0 aromatic heterocycles. The number of carboxylic acids is 1. The number of carbonyl (C=O) groups excluding carboxylic acids is 1. The quantitative estimate of drug-likeness (QED) is 0.928. The van der Waals surface area contributed by atoms with E-state index in [9.17, 15) is 9.59 Å². The minimum Gasteiger partial charge on any atom is -0.481 e. The Morgan fingerprint density at radius 3 is 2.00 bits per heavy atom. The zero-order chi connectivity index (χ0) is 18.1. The van der Waals surface area contributed by atoms with E-state index in [4.69, 9.17) is 9.84 Å². The number of hydrogen-bond donors (Lipinski definition) is 1. The Bertz CT molecular complexity index is 729. The largest absolute Gasteiger partial charge is 0.481 e. The Morgan fingerprint density at radius 2 is 1.56 bits per heavy atom. The van der Waals surface area contributed by atoms with Crippen molar-refractivity contribution in [2.75, 3.05) is 7.11 Å². The molecule has 3 rings (SSSR count). The normalized spacial score (nSPS) is 15.8. The van der Waals surface area contributed by atoms with Crippen LogP contribution >= 0.6 is 0 Å². The van der Waals surface area contributed by atoms with E-state index < -0.39 is 12.1 Å². The van der Waals surface area contributed by atoms with Crippen LogP contribution < -0.4 is 0 Å². The summed E-state index contributed by atoms with van der Waals surface area (Å²) in [5.74, 6) is -1.29. The van der Waals surface area contributed by atoms with Crippen LogP contribution in [0.15, 0.2) is 77.9 Å². The summed E-state index contributed by atoms with van der Waals surface area (Å²) in [6.45, 7) is 0. The Labute approximate surface area is 146 Å². The van der Waals surface area contributed by atoms with Crippen LogP contribution in [-0.2, 0) is 14.3 Å². The molecule has 25 heavy (non-hydrogen) atoms. The third-order valence-corrected chi connectivity index (χ3v) is 3.49. The van der Waals surface area contributed by atoms with Gasteiger partial charge in [-0.05, 0) is 11.1 Å². The maximum atomic E-state index is 11.1. The first-order chi connectivity index (χ1) is 12.1. The van der Waals surface area contributed by atoms with Gasteiger partial charge in [0.25, 0.3) is 0 Å². The Morgan fingerprint density at radius 1 is 1.04 bits per heavy atom. The van der Waals surface area contributed by atoms with Crippen LogP contribution in [0.5, 0.6) is 0 Å². The summed E-state index contributed by atoms with van der Waals surface area (Å²) in [5.41, 5.74) is 2.79. The highest BCUT2D eigenvalue weighted by Crippen LogP contribution is 2.17. The molecule has 0 saturated heterocycles. The van der Waals surface area contributed by atoms with Crippen molar-refractivity contribution in [2.45, 2.75) is 12.5 Å². The van der Waals surface area contributed by atoms with Gasteiger partial charge in [0.15, 0.2) is 11.9 Å². The second kappa shape index (κ2) is 9.30. The number of nitrogens with zero attached hydrogens (tertiary/aromatic N) is 1. The molecule has 0 amide bonds. The second-order valence-electron chi connectivity index (χ2n) is 5.26. The van der Waals surface area contributed by atoms with Crippen LogP contribution in [0.1, 0.15) is 6.42 Å². The highest BCUT2D eigenvalue weighted by molar-refractivity contribution is 6.17. The SMILES string of the molecule is COC1C(=O)C=CN=C1CC(=O)O.c1ccc(-c2ccccc2)cc1. The standard InChI is InChI=1S/C12H10.C8H9NO4/c1-3-7-11(8-4-1)12-9-5-2-6-10-12;1-13-8-5(4-7(11)12)9-3-2-6(8)10/h1-10H;2-3,8H,4H2,1H3,(H,11,12). The summed E-state index contributed by atoms with van der Waals surface area (Å²) in [7, 11) is 1.35. The predicted molar refractivity (Wildman–Crippen MR) is 96.5 cm³/mol. The number of methoxy groups -OCH3 is 1. The lowest BCUT2D eigenvalue weighted by Gasteiger charge is -2.15. The zero-order valence-corrected chi connectivity index (χ0v) is 13.8. The summed E-state index contributed by atoms with van der Waals surface area (Å²) in [6.07, 6.45) is 1.45. The molecule has 1 heterocycles. The number of hydrogen-bond acceptors (Lipinski definition) is 4. The summed E-state index contributed by atoms with van der Waals surface area (Å²) in [4.78, 5) is 25.3. The summed E-state index contributed by atoms with van der Waals surface area (Å²) in [5, 5.41) is 8.49. The molecule has 2 aromatic rings. The van der Waals surface area contributed by atoms with Crippen LogP contribution in [0.4, 0.5) is 0 Å². The van der Waals surface area contributed by atoms with Crippen molar-refractivity contribution in [3.8, 4) is 11.1 Å². The molecule has 1 aliphatic heterocycles. The Hall–Kier alpha value is -3.05. The number of ketones is 1. The molecule has 128 valence electrons. The molecule has 1 aliphatic rings. The van der Waals surface area contributed by atoms with Crippen LogP contribution in [0.3, 0.4) is 0 Å². The smallest absolute Gasteiger partial charge is 0.309 e. The molecule has 1 unspecified atom stereocenters. The third-order valence-electron chi connectivity index (χ3n) is 3.49. The van der Waals surface area contributed by atoms with Gasteiger partial charge in [-0.15, -0.1) is 0 Å². The number of ether oxygens (including phenoxy) is 1. The molecule has 0 radical (unpaired) electrons. The number of benzene rings is 2. The first kappa shape index (κ1) is 18.3. The van der Waals surface area contributed by atoms with Crippen molar-refractivity contribution in [3.05, 3.63) is 72.9 Å². The first-order valence-corrected chi connectivity index (χ1v) is 7.74. The van der Waals surface area contributed by atoms with E-state index in [1.54, 1.807) is 0 Å². The van der Waals surface area contributed by atoms with E-state index in [-0.39, 0.29) is 17.9 Å². The first-order valence-electron chi connectivity index (χ1n) is 7.74. The van der Waals surface area contributed by atoms with Gasteiger partial charge >= 0.3 is 5.97 Å². The van der Waals surface area contributed by atoms with Crippen molar-refractivity contribution in [1.29, 1.82) is 0 Å². The van der Waals surface area contributed by atoms with Crippen molar-refractivity contribution < 1.29 is 19.4 Å². The monoisotopic (exact) mass is 337 g/mol. The highest BCUT2D eigenvalue weighted by atomic mass is 16.5. The highest BCUT2D eigenvalue weighted by Gasteiger charge is 2.25. The average Bonchev–Trinajstić information content (AvgIpc) is 2.63. The van der Waals surface area contributed by atoms with Gasteiger partial charge in [-0.3, -0.25) is 14.6 Å². The molecule has 0 spiro atoms. The topological polar surface area (TPSA) is 76.0 Å². The lowest BCUT2D eigenvalue weighted by Crippen LogP contribution is -2.34. The van der Waals surface area contributed by atoms with Gasteiger partial charge < -0.3 is 9.84 Å². The van der Waals surface area contributed by atoms with E-state index in [2.05, 4.69) is 53.5 Å². The number of rotatable bonds is 4. The third kappa shape index (κ3) is 5.51. The fraction of sp³-hybridized carbons (Fsp3) is 0.150. The van der Waals surface area contributed by atoms with Crippen molar-refractivity contribution >= 4 is 17.5 Å². The molecular formula is C20H19NO4. The summed E-state index contributed by atoms with van der Waals surface area (Å²) < 4.78 is 4.82. The number of aliphatic carboxylic acids is 1. The number of carboxylic acid groups (broad SMARTS) is 1. The predicted octanol–water partition coefficient (Wildman–Crippen LogP) is 3.37. The number of aliphatic imine (C=N–C) groups is 1. The van der Waals surface area contributed by atoms with Gasteiger partial charge in [-0.2, -0.15) is 0 Å². The van der Waals surface area contributed by atoms with E-state index in [1.165, 1.54) is 30.5 Å². The molecule has 5 heteroatoms. The minimum atomic E-state index is -1.02. The molecule has 5 nitrogen and oxygen atoms in total. The fourth-order valence-electron chi connectivity index (χ4n) is 2.33. The molecule has 0 saturated carbocycles. The van der Waals surface area contributed by atoms with E-state index in [0.717, 1.165) is 0 Å². The second-order valence-corrected chi connectivity index (χ2v) is 5.26. The van der Waals surface area contributed by atoms with E-state index in [1.807, 2.05) is 12.1 Å². The van der Waals surface area contributed by atoms with Crippen LogP contribution in [0, 0.1) is 0 Å². The van der Waals surface area contributed by atoms with E-state index >= 15 is 0 Å². The van der Waals surface area contributed by atoms with Gasteiger partial charge in [-0.1, -0.05) is 60.7 Å². The van der Waals surface area contributed by atoms with Crippen LogP contribution in [0.2, 0.25) is 0 Å². The molecule has 0 fully saturated rings. The van der Waals surface area contributed by atoms with Gasteiger partial charge in [0, 0.05) is 19.4 Å². The molecule has 0 aliphatic carbocycles. The van der Waals surface area contributed by atoms with E-state index in [0.29, 0.717) is 0 Å². The fourth-order valence-corrected chi connectivity index (χ4v) is 2.33. The maximum Gasteiger partial charge on any atom is 0.309 e. The Balaban J connectivity index is 0.000000181. The van der Waals surface area contributed by atoms with Gasteiger partial charge in [-0.25, -0.2) is 0 Å². The van der Waals surface area contributed by atoms with Crippen molar-refractivity contribution in [1.82, 2.24) is 0 Å². The molecular weight excluding hydrogens is 318 g/mol. The molecule has 2 aromatic carbocycles. The lowest BCUT2D eigenvalue weighted by atomic mass is 10.1. The average molecular weight is 337 g/mol. The van der Waals surface area contributed by atoms with Crippen molar-refractivity contribution in [3.63, 3.8) is 0 Å². The Kier molecular flexibility index (Phi) is 6.80. The minimum absolute atomic E-state index is 0.238. The molecule has 0 bridgehead atoms. The van der Waals surface area contributed by atoms with Gasteiger partial charge in [0.1, 0.15) is 0 Å². The maximum absolute atomic E-state index is 11.1. The summed E-state index contributed by atoms with van der Waals surface area (Å²) in [6, 6.07) is 20.8. The van der Waals surface area contributed by atoms with Crippen LogP contribution in [-0.4, -0.2) is 35.8 Å². The van der Waals surface area contributed by atoms with Gasteiger partial charge in [0.2, 0.25) is 0 Å². The lowest BCUT2D eigenvalue weighted by molar-refractivity contribution is -0.135. The molecule has 1 N–H and O–H groups in total. The number of carbonyl (C=O) groups is 2. The summed E-state index contributed by atoms with van der Waals surface area (Å²) >= 11 is 0. The van der Waals surface area contributed by atoms with Crippen molar-refractivity contribution in [2.24, 2.45) is 4.99 Å². The molecule has 1 atom stereocenters. The van der Waals surface area contributed by atoms with Crippen LogP contribution in [0.25, 0.3) is 11.1 Å². The van der Waals surface area contributed by atoms with Gasteiger partial charge in [0.05, 0.1) is 12.1 Å². The zero-order valence-electron chi connectivity index (χ0n) is 13.8.